The maximum atomic E-state index is 5.55. The SMILES string of the molecule is [Cl][Mg][C]1=NCCN1. The van der Waals surface area contributed by atoms with Crippen molar-refractivity contribution in [2.45, 2.75) is 0 Å². The topological polar surface area (TPSA) is 24.4 Å². The van der Waals surface area contributed by atoms with Gasteiger partial charge in [0.1, 0.15) is 0 Å². The Morgan fingerprint density at radius 1 is 1.86 bits per heavy atom. The van der Waals surface area contributed by atoms with E-state index in [1.54, 1.807) is 0 Å². The van der Waals surface area contributed by atoms with Crippen LogP contribution in [0.1, 0.15) is 0 Å². The van der Waals surface area contributed by atoms with Gasteiger partial charge in [-0.3, -0.25) is 0 Å². The third-order valence-corrected chi connectivity index (χ3v) is 2.36. The largest absolute Gasteiger partial charge is 0.589 e. The van der Waals surface area contributed by atoms with Gasteiger partial charge in [-0.2, -0.15) is 0 Å². The number of halogens is 1. The molecule has 2 nitrogen and oxygen atoms in total. The molecular weight excluding hydrogens is 124 g/mol. The van der Waals surface area contributed by atoms with Crippen LogP contribution in [0.2, 0.25) is 0 Å². The van der Waals surface area contributed by atoms with Crippen LogP contribution in [0.4, 0.5) is 0 Å². The first-order valence-corrected chi connectivity index (χ1v) is 5.11. The highest BCUT2D eigenvalue weighted by Gasteiger charge is 2.04. The van der Waals surface area contributed by atoms with Crippen molar-refractivity contribution in [1.82, 2.24) is 5.32 Å². The number of nitrogens with zero attached hydrogens (tertiary/aromatic N) is 1. The van der Waals surface area contributed by atoms with Crippen LogP contribution < -0.4 is 5.32 Å². The fourth-order valence-corrected chi connectivity index (χ4v) is 1.59. The van der Waals surface area contributed by atoms with Gasteiger partial charge in [-0.25, -0.2) is 0 Å². The number of aliphatic imine (C=N–C) groups is 1. The van der Waals surface area contributed by atoms with Gasteiger partial charge in [0.15, 0.2) is 0 Å². The van der Waals surface area contributed by atoms with Crippen LogP contribution >= 0.6 is 9.07 Å². The van der Waals surface area contributed by atoms with E-state index < -0.39 is 19.3 Å². The summed E-state index contributed by atoms with van der Waals surface area (Å²) in [6, 6.07) is 0. The van der Waals surface area contributed by atoms with Crippen molar-refractivity contribution in [1.29, 1.82) is 0 Å². The fraction of sp³-hybridized carbons (Fsp3) is 0.667. The molecule has 7 heavy (non-hydrogen) atoms. The molecule has 1 aliphatic heterocycles. The lowest BCUT2D eigenvalue weighted by atomic mass is 10.7. The van der Waals surface area contributed by atoms with E-state index in [4.69, 9.17) is 9.07 Å². The molecule has 0 atom stereocenters. The van der Waals surface area contributed by atoms with Crippen molar-refractivity contribution in [3.63, 3.8) is 0 Å². The summed E-state index contributed by atoms with van der Waals surface area (Å²) in [5, 5.41) is 3.09. The summed E-state index contributed by atoms with van der Waals surface area (Å²) in [5.41, 5.74) is 0. The Morgan fingerprint density at radius 2 is 2.71 bits per heavy atom. The van der Waals surface area contributed by atoms with Crippen molar-refractivity contribution in [3.8, 4) is 0 Å². The number of hydrogen-bond acceptors (Lipinski definition) is 2. The van der Waals surface area contributed by atoms with Crippen molar-refractivity contribution in [3.05, 3.63) is 0 Å². The van der Waals surface area contributed by atoms with E-state index in [9.17, 15) is 0 Å². The summed E-state index contributed by atoms with van der Waals surface area (Å²) < 4.78 is 1.07. The average molecular weight is 129 g/mol. The maximum Gasteiger partial charge on any atom is 0.589 e. The number of nitrogens with one attached hydrogen (secondary N) is 1. The minimum Gasteiger partial charge on any atom is -0.395 e. The molecule has 0 aromatic heterocycles. The molecule has 0 amide bonds. The second-order valence-corrected chi connectivity index (χ2v) is 3.13. The molecule has 0 unspecified atom stereocenters. The van der Waals surface area contributed by atoms with Gasteiger partial charge in [-0.1, -0.05) is 0 Å². The Labute approximate surface area is 55.8 Å². The number of hydrogen-bond donors (Lipinski definition) is 1. The first kappa shape index (κ1) is 5.66. The predicted octanol–water partition coefficient (Wildman–Crippen LogP) is -0.196. The minimum atomic E-state index is -0.498. The van der Waals surface area contributed by atoms with Crippen LogP contribution in [0.3, 0.4) is 0 Å². The van der Waals surface area contributed by atoms with Crippen LogP contribution in [0.25, 0.3) is 0 Å². The first-order valence-electron chi connectivity index (χ1n) is 2.26. The zero-order valence-electron chi connectivity index (χ0n) is 3.95. The van der Waals surface area contributed by atoms with Crippen molar-refractivity contribution < 1.29 is 0 Å². The average Bonchev–Trinajstić information content (AvgIpc) is 2.14. The zero-order valence-corrected chi connectivity index (χ0v) is 6.12. The van der Waals surface area contributed by atoms with Crippen LogP contribution in [0.5, 0.6) is 0 Å². The molecule has 36 valence electrons. The van der Waals surface area contributed by atoms with Gasteiger partial charge in [-0.15, -0.1) is 0 Å². The molecule has 0 bridgehead atoms. The van der Waals surface area contributed by atoms with Crippen LogP contribution in [-0.2, 0) is 0 Å². The molecule has 1 heterocycles. The van der Waals surface area contributed by atoms with Gasteiger partial charge < -0.3 is 19.4 Å². The quantitative estimate of drug-likeness (QED) is 0.487. The zero-order chi connectivity index (χ0) is 5.11. The Bertz CT molecular complexity index is 92.9. The molecule has 0 saturated carbocycles. The second-order valence-electron chi connectivity index (χ2n) is 1.39. The molecule has 0 aliphatic carbocycles. The minimum absolute atomic E-state index is 0.498. The molecule has 4 heteroatoms. The van der Waals surface area contributed by atoms with Gasteiger partial charge in [0.2, 0.25) is 0 Å². The third-order valence-electron chi connectivity index (χ3n) is 0.870. The van der Waals surface area contributed by atoms with Gasteiger partial charge >= 0.3 is 19.3 Å². The van der Waals surface area contributed by atoms with E-state index in [0.717, 1.165) is 17.1 Å². The van der Waals surface area contributed by atoms with Gasteiger partial charge in [0, 0.05) is 6.54 Å². The highest BCUT2D eigenvalue weighted by atomic mass is 35.5. The molecule has 1 N–H and O–H groups in total. The molecule has 0 saturated heterocycles. The van der Waals surface area contributed by atoms with E-state index in [-0.39, 0.29) is 0 Å². The summed E-state index contributed by atoms with van der Waals surface area (Å²) in [5.74, 6) is 0. The molecule has 1 rings (SSSR count). The third kappa shape index (κ3) is 1.47. The number of amidine groups is 1. The summed E-state index contributed by atoms with van der Waals surface area (Å²) in [7, 11) is 5.55. The molecule has 0 aromatic carbocycles. The molecule has 0 aromatic rings. The molecule has 0 radical (unpaired) electrons. The Hall–Kier alpha value is 0.526. The lowest BCUT2D eigenvalue weighted by Gasteiger charge is -1.90. The molecule has 0 spiro atoms. The molecule has 0 fully saturated rings. The van der Waals surface area contributed by atoms with Crippen LogP contribution in [-0.4, -0.2) is 36.3 Å². The second kappa shape index (κ2) is 2.74. The van der Waals surface area contributed by atoms with E-state index in [1.165, 1.54) is 0 Å². The van der Waals surface area contributed by atoms with Gasteiger partial charge in [-0.05, 0) is 3.96 Å². The Morgan fingerprint density at radius 3 is 3.00 bits per heavy atom. The lowest BCUT2D eigenvalue weighted by molar-refractivity contribution is 0.963. The smallest absolute Gasteiger partial charge is 0.395 e. The van der Waals surface area contributed by atoms with Crippen molar-refractivity contribution in [2.24, 2.45) is 4.99 Å². The molecular formula is C3H5ClMgN2. The lowest BCUT2D eigenvalue weighted by Crippen LogP contribution is -2.21. The maximum absolute atomic E-state index is 5.55. The summed E-state index contributed by atoms with van der Waals surface area (Å²) in [6.45, 7) is 1.92. The summed E-state index contributed by atoms with van der Waals surface area (Å²) in [6.07, 6.45) is 0. The Kier molecular flexibility index (Phi) is 2.22. The number of rotatable bonds is 1. The summed E-state index contributed by atoms with van der Waals surface area (Å²) >= 11 is -0.498. The molecule has 1 aliphatic rings. The fourth-order valence-electron chi connectivity index (χ4n) is 0.536. The van der Waals surface area contributed by atoms with Crippen molar-refractivity contribution in [2.75, 3.05) is 13.1 Å². The predicted molar refractivity (Wildman–Crippen MR) is 31.9 cm³/mol. The van der Waals surface area contributed by atoms with Crippen molar-refractivity contribution >= 4 is 32.3 Å². The van der Waals surface area contributed by atoms with Crippen LogP contribution in [0.15, 0.2) is 4.99 Å². The first-order chi connectivity index (χ1) is 3.43. The van der Waals surface area contributed by atoms with E-state index in [2.05, 4.69) is 10.3 Å². The highest BCUT2D eigenvalue weighted by Crippen LogP contribution is 1.83. The Balaban J connectivity index is 2.36. The van der Waals surface area contributed by atoms with E-state index >= 15 is 0 Å². The standard InChI is InChI=1S/C3H5N2.ClH.Mg/c1-2-5-3-4-1;;/h1-2H2,(H,4,5);1H;/q;;+1/p-1. The van der Waals surface area contributed by atoms with E-state index in [0.29, 0.717) is 0 Å². The summed E-state index contributed by atoms with van der Waals surface area (Å²) in [4.78, 5) is 4.09. The van der Waals surface area contributed by atoms with Gasteiger partial charge in [0.25, 0.3) is 0 Å². The van der Waals surface area contributed by atoms with E-state index in [1.807, 2.05) is 0 Å². The normalized spacial score (nSPS) is 17.6. The van der Waals surface area contributed by atoms with Gasteiger partial charge in [0.05, 0.1) is 6.54 Å². The van der Waals surface area contributed by atoms with Crippen LogP contribution in [0, 0.1) is 0 Å². The monoisotopic (exact) mass is 128 g/mol. The highest BCUT2D eigenvalue weighted by molar-refractivity contribution is 7.11.